The molecule has 0 saturated carbocycles. The van der Waals surface area contributed by atoms with Crippen LogP contribution in [0.3, 0.4) is 0 Å². The van der Waals surface area contributed by atoms with Crippen molar-refractivity contribution in [3.05, 3.63) is 28.8 Å². The van der Waals surface area contributed by atoms with Crippen LogP contribution in [-0.2, 0) is 9.53 Å². The topological polar surface area (TPSA) is 58.6 Å². The SMILES string of the molecule is COCC1NC(=O)N(c2ccc(C)cc2Cl)C1=O. The Kier molecular flexibility index (Phi) is 3.54. The third kappa shape index (κ3) is 2.19. The summed E-state index contributed by atoms with van der Waals surface area (Å²) in [7, 11) is 1.47. The lowest BCUT2D eigenvalue weighted by atomic mass is 10.2. The number of anilines is 1. The summed E-state index contributed by atoms with van der Waals surface area (Å²) in [5, 5.41) is 2.92. The molecule has 1 fully saturated rings. The van der Waals surface area contributed by atoms with E-state index >= 15 is 0 Å². The number of carbonyl (C=O) groups is 2. The fourth-order valence-corrected chi connectivity index (χ4v) is 2.15. The Morgan fingerprint density at radius 1 is 1.44 bits per heavy atom. The maximum atomic E-state index is 12.0. The third-order valence-corrected chi connectivity index (χ3v) is 3.00. The Labute approximate surface area is 110 Å². The number of hydrogen-bond acceptors (Lipinski definition) is 3. The normalized spacial score (nSPS) is 19.3. The van der Waals surface area contributed by atoms with E-state index in [4.69, 9.17) is 16.3 Å². The Bertz CT molecular complexity index is 504. The van der Waals surface area contributed by atoms with Crippen LogP contribution in [-0.4, -0.2) is 31.7 Å². The van der Waals surface area contributed by atoms with Crippen LogP contribution < -0.4 is 10.2 Å². The number of benzene rings is 1. The molecule has 5 nitrogen and oxygen atoms in total. The first-order valence-corrected chi connectivity index (χ1v) is 5.82. The van der Waals surface area contributed by atoms with E-state index in [9.17, 15) is 9.59 Å². The van der Waals surface area contributed by atoms with E-state index in [1.807, 2.05) is 6.92 Å². The van der Waals surface area contributed by atoms with Crippen molar-refractivity contribution in [1.82, 2.24) is 5.32 Å². The maximum absolute atomic E-state index is 12.0. The highest BCUT2D eigenvalue weighted by Gasteiger charge is 2.39. The second kappa shape index (κ2) is 4.96. The zero-order chi connectivity index (χ0) is 13.3. The van der Waals surface area contributed by atoms with Gasteiger partial charge in [0.05, 0.1) is 17.3 Å². The van der Waals surface area contributed by atoms with E-state index < -0.39 is 12.1 Å². The summed E-state index contributed by atoms with van der Waals surface area (Å²) >= 11 is 6.06. The van der Waals surface area contributed by atoms with E-state index in [-0.39, 0.29) is 12.5 Å². The molecular weight excluding hydrogens is 256 g/mol. The predicted octanol–water partition coefficient (Wildman–Crippen LogP) is 1.72. The van der Waals surface area contributed by atoms with E-state index in [2.05, 4.69) is 5.32 Å². The second-order valence-corrected chi connectivity index (χ2v) is 4.49. The van der Waals surface area contributed by atoms with Gasteiger partial charge in [-0.25, -0.2) is 9.69 Å². The fraction of sp³-hybridized carbons (Fsp3) is 0.333. The monoisotopic (exact) mass is 268 g/mol. The number of urea groups is 1. The molecule has 2 rings (SSSR count). The van der Waals surface area contributed by atoms with E-state index in [0.717, 1.165) is 10.5 Å². The quantitative estimate of drug-likeness (QED) is 0.849. The molecule has 1 atom stereocenters. The van der Waals surface area contributed by atoms with Crippen LogP contribution in [0.2, 0.25) is 5.02 Å². The summed E-state index contributed by atoms with van der Waals surface area (Å²) in [5.74, 6) is -0.354. The molecule has 1 unspecified atom stereocenters. The van der Waals surface area contributed by atoms with Crippen LogP contribution in [0, 0.1) is 6.92 Å². The number of hydrogen-bond donors (Lipinski definition) is 1. The third-order valence-electron chi connectivity index (χ3n) is 2.70. The van der Waals surface area contributed by atoms with Crippen molar-refractivity contribution >= 4 is 29.2 Å². The minimum Gasteiger partial charge on any atom is -0.382 e. The summed E-state index contributed by atoms with van der Waals surface area (Å²) in [5.41, 5.74) is 1.35. The van der Waals surface area contributed by atoms with Crippen molar-refractivity contribution in [2.24, 2.45) is 0 Å². The van der Waals surface area contributed by atoms with Crippen molar-refractivity contribution in [1.29, 1.82) is 0 Å². The first-order chi connectivity index (χ1) is 8.54. The van der Waals surface area contributed by atoms with Crippen LogP contribution in [0.5, 0.6) is 0 Å². The van der Waals surface area contributed by atoms with Gasteiger partial charge in [0.1, 0.15) is 6.04 Å². The highest BCUT2D eigenvalue weighted by molar-refractivity contribution is 6.36. The smallest absolute Gasteiger partial charge is 0.329 e. The fourth-order valence-electron chi connectivity index (χ4n) is 1.83. The molecule has 0 aliphatic carbocycles. The molecule has 0 aromatic heterocycles. The molecule has 1 saturated heterocycles. The van der Waals surface area contributed by atoms with E-state index in [0.29, 0.717) is 10.7 Å². The van der Waals surface area contributed by atoms with Crippen LogP contribution in [0.25, 0.3) is 0 Å². The van der Waals surface area contributed by atoms with Gasteiger partial charge >= 0.3 is 6.03 Å². The van der Waals surface area contributed by atoms with Gasteiger partial charge in [0.15, 0.2) is 0 Å². The van der Waals surface area contributed by atoms with Crippen molar-refractivity contribution < 1.29 is 14.3 Å². The number of aryl methyl sites for hydroxylation is 1. The van der Waals surface area contributed by atoms with Crippen LogP contribution in [0.15, 0.2) is 18.2 Å². The first kappa shape index (κ1) is 12.9. The molecule has 1 aromatic carbocycles. The molecule has 1 N–H and O–H groups in total. The summed E-state index contributed by atoms with van der Waals surface area (Å²) in [6.07, 6.45) is 0. The van der Waals surface area contributed by atoms with Gasteiger partial charge in [-0.05, 0) is 24.6 Å². The van der Waals surface area contributed by atoms with Gasteiger partial charge in [-0.1, -0.05) is 17.7 Å². The molecule has 0 spiro atoms. The van der Waals surface area contributed by atoms with Crippen molar-refractivity contribution in [3.63, 3.8) is 0 Å². The Hall–Kier alpha value is -1.59. The standard InChI is InChI=1S/C12H13ClN2O3/c1-7-3-4-10(8(13)5-7)15-11(16)9(6-18-2)14-12(15)17/h3-5,9H,6H2,1-2H3,(H,14,17). The van der Waals surface area contributed by atoms with Crippen LogP contribution >= 0.6 is 11.6 Å². The Balaban J connectivity index is 2.33. The minimum absolute atomic E-state index is 0.143. The number of nitrogens with zero attached hydrogens (tertiary/aromatic N) is 1. The van der Waals surface area contributed by atoms with Gasteiger partial charge in [-0.15, -0.1) is 0 Å². The number of ether oxygens (including phenoxy) is 1. The maximum Gasteiger partial charge on any atom is 0.329 e. The molecule has 1 heterocycles. The lowest BCUT2D eigenvalue weighted by Gasteiger charge is -2.15. The minimum atomic E-state index is -0.653. The van der Waals surface area contributed by atoms with E-state index in [1.54, 1.807) is 18.2 Å². The van der Waals surface area contributed by atoms with Gasteiger partial charge in [0, 0.05) is 7.11 Å². The molecule has 18 heavy (non-hydrogen) atoms. The van der Waals surface area contributed by atoms with Gasteiger partial charge < -0.3 is 10.1 Å². The molecule has 1 aliphatic rings. The van der Waals surface area contributed by atoms with Crippen molar-refractivity contribution in [3.8, 4) is 0 Å². The summed E-state index contributed by atoms with van der Waals surface area (Å²) in [6.45, 7) is 2.03. The molecule has 1 aliphatic heterocycles. The van der Waals surface area contributed by atoms with Crippen LogP contribution in [0.1, 0.15) is 5.56 Å². The number of nitrogens with one attached hydrogen (secondary N) is 1. The summed E-state index contributed by atoms with van der Waals surface area (Å²) < 4.78 is 4.88. The lowest BCUT2D eigenvalue weighted by molar-refractivity contribution is -0.119. The number of rotatable bonds is 3. The highest BCUT2D eigenvalue weighted by Crippen LogP contribution is 2.29. The number of carbonyl (C=O) groups excluding carboxylic acids is 2. The van der Waals surface area contributed by atoms with Crippen LogP contribution in [0.4, 0.5) is 10.5 Å². The lowest BCUT2D eigenvalue weighted by Crippen LogP contribution is -2.34. The molecule has 0 bridgehead atoms. The second-order valence-electron chi connectivity index (χ2n) is 4.09. The Morgan fingerprint density at radius 2 is 2.17 bits per heavy atom. The molecule has 3 amide bonds. The summed E-state index contributed by atoms with van der Waals surface area (Å²) in [6, 6.07) is 4.03. The van der Waals surface area contributed by atoms with Gasteiger partial charge in [0.2, 0.25) is 0 Å². The number of methoxy groups -OCH3 is 1. The average Bonchev–Trinajstić information content (AvgIpc) is 2.56. The Morgan fingerprint density at radius 3 is 2.78 bits per heavy atom. The number of halogens is 1. The van der Waals surface area contributed by atoms with Crippen molar-refractivity contribution in [2.75, 3.05) is 18.6 Å². The van der Waals surface area contributed by atoms with Gasteiger partial charge in [-0.2, -0.15) is 0 Å². The van der Waals surface area contributed by atoms with Gasteiger partial charge in [0.25, 0.3) is 5.91 Å². The molecule has 6 heteroatoms. The molecule has 1 aromatic rings. The van der Waals surface area contributed by atoms with E-state index in [1.165, 1.54) is 7.11 Å². The molecule has 96 valence electrons. The zero-order valence-electron chi connectivity index (χ0n) is 10.1. The highest BCUT2D eigenvalue weighted by atomic mass is 35.5. The number of imide groups is 1. The largest absolute Gasteiger partial charge is 0.382 e. The van der Waals surface area contributed by atoms with Gasteiger partial charge in [-0.3, -0.25) is 4.79 Å². The van der Waals surface area contributed by atoms with Crippen molar-refractivity contribution in [2.45, 2.75) is 13.0 Å². The zero-order valence-corrected chi connectivity index (χ0v) is 10.8. The predicted molar refractivity (Wildman–Crippen MR) is 67.9 cm³/mol. The number of amides is 3. The molecular formula is C12H13ClN2O3. The molecule has 0 radical (unpaired) electrons. The summed E-state index contributed by atoms with van der Waals surface area (Å²) in [4.78, 5) is 24.9. The first-order valence-electron chi connectivity index (χ1n) is 5.44. The average molecular weight is 269 g/mol.